The third-order valence-electron chi connectivity index (χ3n) is 4.85. The van der Waals surface area contributed by atoms with Crippen molar-refractivity contribution in [2.75, 3.05) is 12.4 Å². The molecule has 1 heterocycles. The van der Waals surface area contributed by atoms with Gasteiger partial charge in [0.2, 0.25) is 0 Å². The van der Waals surface area contributed by atoms with E-state index < -0.39 is 0 Å². The number of rotatable bonds is 2. The summed E-state index contributed by atoms with van der Waals surface area (Å²) in [5, 5.41) is 3.75. The Morgan fingerprint density at radius 2 is 1.78 bits per heavy atom. The van der Waals surface area contributed by atoms with Gasteiger partial charge in [-0.3, -0.25) is 0 Å². The molecule has 0 bridgehead atoms. The van der Waals surface area contributed by atoms with Gasteiger partial charge in [0.1, 0.15) is 5.75 Å². The Balaban J connectivity index is 1.82. The van der Waals surface area contributed by atoms with Crippen LogP contribution in [0.5, 0.6) is 5.75 Å². The molecule has 3 atom stereocenters. The number of ether oxygens (including phenoxy) is 1. The number of hydrogen-bond donors (Lipinski definition) is 1. The van der Waals surface area contributed by atoms with E-state index in [2.05, 4.69) is 73.6 Å². The second-order valence-corrected chi connectivity index (χ2v) is 7.92. The van der Waals surface area contributed by atoms with E-state index in [1.54, 1.807) is 7.11 Å². The summed E-state index contributed by atoms with van der Waals surface area (Å²) in [5.74, 6) is 1.91. The number of nitrogens with one attached hydrogen (secondary N) is 1. The van der Waals surface area contributed by atoms with E-state index in [9.17, 15) is 0 Å². The predicted molar refractivity (Wildman–Crippen MR) is 101 cm³/mol. The Labute approximate surface area is 153 Å². The van der Waals surface area contributed by atoms with Crippen LogP contribution in [0.4, 0.5) is 5.69 Å². The molecule has 1 N–H and O–H groups in total. The Morgan fingerprint density at radius 3 is 2.57 bits per heavy atom. The molecule has 0 fully saturated rings. The zero-order valence-corrected chi connectivity index (χ0v) is 15.9. The summed E-state index contributed by atoms with van der Waals surface area (Å²) in [5.41, 5.74) is 3.81. The van der Waals surface area contributed by atoms with E-state index in [0.717, 1.165) is 21.1 Å². The molecular weight excluding hydrogens is 418 g/mol. The lowest BCUT2D eigenvalue weighted by Gasteiger charge is -2.38. The van der Waals surface area contributed by atoms with Crippen molar-refractivity contribution >= 4 is 37.5 Å². The van der Waals surface area contributed by atoms with Crippen LogP contribution < -0.4 is 10.1 Å². The number of anilines is 1. The van der Waals surface area contributed by atoms with E-state index in [0.29, 0.717) is 11.8 Å². The average molecular weight is 435 g/mol. The summed E-state index contributed by atoms with van der Waals surface area (Å²) in [6.07, 6.45) is 5.75. The van der Waals surface area contributed by atoms with Crippen molar-refractivity contribution in [2.24, 2.45) is 5.92 Å². The number of fused-ring (bicyclic) bond motifs is 3. The highest BCUT2D eigenvalue weighted by molar-refractivity contribution is 9.10. The number of halogens is 2. The van der Waals surface area contributed by atoms with Crippen LogP contribution in [0.15, 0.2) is 57.5 Å². The van der Waals surface area contributed by atoms with E-state index in [4.69, 9.17) is 4.74 Å². The fraction of sp³-hybridized carbons (Fsp3) is 0.263. The second kappa shape index (κ2) is 5.99. The van der Waals surface area contributed by atoms with Gasteiger partial charge >= 0.3 is 0 Å². The fourth-order valence-electron chi connectivity index (χ4n) is 3.82. The maximum Gasteiger partial charge on any atom is 0.124 e. The van der Waals surface area contributed by atoms with Gasteiger partial charge in [-0.25, -0.2) is 0 Å². The molecular formula is C19H17Br2NO. The molecule has 0 saturated carbocycles. The minimum atomic E-state index is 0.246. The number of methoxy groups -OCH3 is 1. The van der Waals surface area contributed by atoms with Crippen LogP contribution in [0.1, 0.15) is 29.5 Å². The Bertz CT molecular complexity index is 787. The van der Waals surface area contributed by atoms with Crippen LogP contribution in [0.3, 0.4) is 0 Å². The van der Waals surface area contributed by atoms with Gasteiger partial charge in [-0.15, -0.1) is 0 Å². The monoisotopic (exact) mass is 433 g/mol. The predicted octanol–water partition coefficient (Wildman–Crippen LogP) is 6.05. The van der Waals surface area contributed by atoms with Crippen molar-refractivity contribution in [3.63, 3.8) is 0 Å². The number of hydrogen-bond acceptors (Lipinski definition) is 2. The molecule has 1 aliphatic heterocycles. The molecule has 2 aromatic carbocycles. The van der Waals surface area contributed by atoms with E-state index in [1.165, 1.54) is 16.8 Å². The second-order valence-electron chi connectivity index (χ2n) is 6.09. The zero-order chi connectivity index (χ0) is 16.0. The smallest absolute Gasteiger partial charge is 0.124 e. The first-order valence-corrected chi connectivity index (χ1v) is 9.32. The van der Waals surface area contributed by atoms with Crippen molar-refractivity contribution < 1.29 is 4.74 Å². The van der Waals surface area contributed by atoms with Crippen molar-refractivity contribution in [2.45, 2.75) is 18.4 Å². The van der Waals surface area contributed by atoms with Gasteiger partial charge in [0.25, 0.3) is 0 Å². The number of allylic oxidation sites excluding steroid dienone is 2. The lowest BCUT2D eigenvalue weighted by Crippen LogP contribution is -2.29. The van der Waals surface area contributed by atoms with Crippen molar-refractivity contribution in [3.8, 4) is 5.75 Å². The molecule has 0 aromatic heterocycles. The summed E-state index contributed by atoms with van der Waals surface area (Å²) < 4.78 is 7.84. The van der Waals surface area contributed by atoms with Gasteiger partial charge in [0.05, 0.1) is 13.2 Å². The maximum absolute atomic E-state index is 5.62. The molecule has 1 aliphatic carbocycles. The summed E-state index contributed by atoms with van der Waals surface area (Å²) in [7, 11) is 1.74. The zero-order valence-electron chi connectivity index (χ0n) is 12.7. The highest BCUT2D eigenvalue weighted by Gasteiger charge is 2.39. The van der Waals surface area contributed by atoms with E-state index in [-0.39, 0.29) is 6.04 Å². The number of benzene rings is 2. The van der Waals surface area contributed by atoms with Crippen molar-refractivity contribution in [1.29, 1.82) is 0 Å². The Morgan fingerprint density at radius 1 is 1.04 bits per heavy atom. The molecule has 23 heavy (non-hydrogen) atoms. The van der Waals surface area contributed by atoms with Crippen molar-refractivity contribution in [3.05, 3.63) is 68.6 Å². The summed E-state index contributed by atoms with van der Waals surface area (Å²) in [6.45, 7) is 0. The van der Waals surface area contributed by atoms with Crippen LogP contribution in [0, 0.1) is 5.92 Å². The molecule has 4 rings (SSSR count). The molecule has 0 spiro atoms. The SMILES string of the molecule is COc1ccc(Br)cc1[C@@H]1Nc2ccc(Br)cc2[C@@H]2C=CC[C@@H]21. The first-order chi connectivity index (χ1) is 11.2. The van der Waals surface area contributed by atoms with Gasteiger partial charge in [-0.05, 0) is 54.3 Å². The normalized spacial score (nSPS) is 24.7. The first-order valence-electron chi connectivity index (χ1n) is 7.73. The van der Waals surface area contributed by atoms with Gasteiger partial charge < -0.3 is 10.1 Å². The molecule has 2 nitrogen and oxygen atoms in total. The quantitative estimate of drug-likeness (QED) is 0.581. The maximum atomic E-state index is 5.62. The lowest BCUT2D eigenvalue weighted by molar-refractivity contribution is 0.381. The molecule has 0 unspecified atom stereocenters. The average Bonchev–Trinajstić information content (AvgIpc) is 3.04. The minimum Gasteiger partial charge on any atom is -0.496 e. The summed E-state index contributed by atoms with van der Waals surface area (Å²) in [4.78, 5) is 0. The standard InChI is InChI=1S/C19H17Br2NO/c1-23-18-8-6-12(21)10-16(18)19-14-4-2-3-13(14)15-9-11(20)5-7-17(15)22-19/h2-3,5-10,13-14,19,22H,4H2,1H3/t13-,14+,19-/m1/s1. The topological polar surface area (TPSA) is 21.3 Å². The first kappa shape index (κ1) is 15.3. The summed E-state index contributed by atoms with van der Waals surface area (Å²) >= 11 is 7.20. The van der Waals surface area contributed by atoms with Crippen LogP contribution in [-0.2, 0) is 0 Å². The Kier molecular flexibility index (Phi) is 3.98. The van der Waals surface area contributed by atoms with Gasteiger partial charge in [0.15, 0.2) is 0 Å². The molecule has 4 heteroatoms. The molecule has 2 aliphatic rings. The van der Waals surface area contributed by atoms with E-state index >= 15 is 0 Å². The highest BCUT2D eigenvalue weighted by atomic mass is 79.9. The molecule has 2 aromatic rings. The van der Waals surface area contributed by atoms with Crippen LogP contribution in [0.25, 0.3) is 0 Å². The summed E-state index contributed by atoms with van der Waals surface area (Å²) in [6, 6.07) is 13.0. The lowest BCUT2D eigenvalue weighted by atomic mass is 9.77. The molecule has 118 valence electrons. The third-order valence-corrected chi connectivity index (χ3v) is 5.84. The van der Waals surface area contributed by atoms with Crippen LogP contribution in [-0.4, -0.2) is 7.11 Å². The van der Waals surface area contributed by atoms with Crippen LogP contribution in [0.2, 0.25) is 0 Å². The fourth-order valence-corrected chi connectivity index (χ4v) is 4.58. The van der Waals surface area contributed by atoms with Crippen molar-refractivity contribution in [1.82, 2.24) is 0 Å². The Hall–Kier alpha value is -1.26. The van der Waals surface area contributed by atoms with Gasteiger partial charge in [-0.1, -0.05) is 44.0 Å². The minimum absolute atomic E-state index is 0.246. The molecule has 0 radical (unpaired) electrons. The largest absolute Gasteiger partial charge is 0.496 e. The van der Waals surface area contributed by atoms with Crippen LogP contribution >= 0.6 is 31.9 Å². The van der Waals surface area contributed by atoms with Gasteiger partial charge in [0, 0.05) is 26.1 Å². The highest BCUT2D eigenvalue weighted by Crippen LogP contribution is 2.51. The van der Waals surface area contributed by atoms with E-state index in [1.807, 2.05) is 12.1 Å². The molecule has 0 amide bonds. The van der Waals surface area contributed by atoms with Gasteiger partial charge in [-0.2, -0.15) is 0 Å². The third kappa shape index (κ3) is 2.62. The molecule has 0 saturated heterocycles.